The van der Waals surface area contributed by atoms with Crippen LogP contribution in [0, 0.1) is 0 Å². The molecule has 174 valence electrons. The first-order chi connectivity index (χ1) is 16.8. The van der Waals surface area contributed by atoms with Gasteiger partial charge in [0.25, 0.3) is 5.56 Å². The van der Waals surface area contributed by atoms with E-state index in [1.807, 2.05) is 18.2 Å². The van der Waals surface area contributed by atoms with Crippen LogP contribution in [0.1, 0.15) is 6.92 Å². The molecule has 0 aliphatic rings. The van der Waals surface area contributed by atoms with E-state index in [-0.39, 0.29) is 27.2 Å². The number of oxazole rings is 1. The number of hydrogen-bond acceptors (Lipinski definition) is 6. The number of nitrogens with one attached hydrogen (secondary N) is 1. The fraction of sp³-hybridized carbons (Fsp3) is 0.0417. The summed E-state index contributed by atoms with van der Waals surface area (Å²) in [6.45, 7) is 1.37. The second-order valence-electron chi connectivity index (χ2n) is 7.53. The number of nitrogens with zero attached hydrogens (tertiary/aromatic N) is 4. The number of carbonyl (C=O) groups excluding carboxylic acids is 1. The number of carbonyl (C=O) groups is 1. The van der Waals surface area contributed by atoms with Crippen LogP contribution in [0.4, 0.5) is 5.69 Å². The van der Waals surface area contributed by atoms with E-state index in [4.69, 9.17) is 27.6 Å². The van der Waals surface area contributed by atoms with Gasteiger partial charge in [0.1, 0.15) is 16.9 Å². The molecular formula is C24H14BrCl2N5O3. The normalized spacial score (nSPS) is 11.1. The Balaban J connectivity index is 1.78. The van der Waals surface area contributed by atoms with Gasteiger partial charge in [-0.2, -0.15) is 9.78 Å². The average molecular weight is 571 g/mol. The van der Waals surface area contributed by atoms with Crippen LogP contribution >= 0.6 is 39.1 Å². The van der Waals surface area contributed by atoms with Crippen molar-refractivity contribution in [1.29, 1.82) is 0 Å². The van der Waals surface area contributed by atoms with Gasteiger partial charge in [-0.1, -0.05) is 39.1 Å². The second-order valence-corrected chi connectivity index (χ2v) is 9.26. The van der Waals surface area contributed by atoms with Crippen molar-refractivity contribution in [2.75, 3.05) is 5.32 Å². The molecule has 5 rings (SSSR count). The fourth-order valence-electron chi connectivity index (χ4n) is 3.70. The molecule has 0 radical (unpaired) electrons. The molecule has 0 fully saturated rings. The molecular weight excluding hydrogens is 557 g/mol. The van der Waals surface area contributed by atoms with Crippen molar-refractivity contribution in [2.24, 2.45) is 0 Å². The summed E-state index contributed by atoms with van der Waals surface area (Å²) in [7, 11) is 0. The highest BCUT2D eigenvalue weighted by molar-refractivity contribution is 9.10. The molecule has 3 heterocycles. The van der Waals surface area contributed by atoms with Gasteiger partial charge in [-0.15, -0.1) is 0 Å². The molecule has 1 amide bonds. The number of halogens is 3. The molecule has 11 heteroatoms. The maximum atomic E-state index is 13.4. The van der Waals surface area contributed by atoms with E-state index in [1.54, 1.807) is 18.3 Å². The Hall–Kier alpha value is -3.53. The van der Waals surface area contributed by atoms with E-state index in [0.29, 0.717) is 28.1 Å². The summed E-state index contributed by atoms with van der Waals surface area (Å²) in [6.07, 6.45) is 4.49. The Bertz CT molecular complexity index is 1650. The molecule has 0 bridgehead atoms. The topological polar surface area (TPSA) is 103 Å². The highest BCUT2D eigenvalue weighted by Gasteiger charge is 2.20. The maximum Gasteiger partial charge on any atom is 0.298 e. The lowest BCUT2D eigenvalue weighted by Crippen LogP contribution is -2.23. The van der Waals surface area contributed by atoms with Crippen molar-refractivity contribution in [3.8, 4) is 28.3 Å². The number of hydrogen-bond donors (Lipinski definition) is 1. The van der Waals surface area contributed by atoms with Crippen LogP contribution in [-0.2, 0) is 4.79 Å². The number of fused-ring (bicyclic) bond motifs is 1. The number of aromatic nitrogens is 4. The Morgan fingerprint density at radius 3 is 2.54 bits per heavy atom. The van der Waals surface area contributed by atoms with Gasteiger partial charge in [0.15, 0.2) is 12.2 Å². The molecule has 0 atom stereocenters. The lowest BCUT2D eigenvalue weighted by atomic mass is 10.0. The molecule has 0 saturated heterocycles. The van der Waals surface area contributed by atoms with Crippen LogP contribution in [0.15, 0.2) is 74.9 Å². The van der Waals surface area contributed by atoms with E-state index >= 15 is 0 Å². The van der Waals surface area contributed by atoms with Crippen molar-refractivity contribution >= 4 is 61.6 Å². The van der Waals surface area contributed by atoms with Crippen molar-refractivity contribution in [1.82, 2.24) is 19.7 Å². The third kappa shape index (κ3) is 4.45. The SMILES string of the molecule is CC(=O)Nc1cc(Cl)c(-n2nc(-c3cc(Br)cc(-c4cnco4)c3)c3cccnc3c2=O)c(Cl)c1. The number of amides is 1. The predicted molar refractivity (Wildman–Crippen MR) is 138 cm³/mol. The summed E-state index contributed by atoms with van der Waals surface area (Å²) in [5.41, 5.74) is 2.20. The Morgan fingerprint density at radius 1 is 1.11 bits per heavy atom. The summed E-state index contributed by atoms with van der Waals surface area (Å²) >= 11 is 16.6. The molecule has 3 aromatic heterocycles. The molecule has 0 saturated carbocycles. The van der Waals surface area contributed by atoms with Crippen LogP contribution in [0.5, 0.6) is 0 Å². The molecule has 0 spiro atoms. The number of anilines is 1. The van der Waals surface area contributed by atoms with Gasteiger partial charge in [0.2, 0.25) is 5.91 Å². The molecule has 5 aromatic rings. The third-order valence-corrected chi connectivity index (χ3v) is 6.13. The zero-order valence-corrected chi connectivity index (χ0v) is 21.0. The van der Waals surface area contributed by atoms with Crippen LogP contribution in [0.2, 0.25) is 10.0 Å². The largest absolute Gasteiger partial charge is 0.444 e. The molecule has 0 unspecified atom stereocenters. The van der Waals surface area contributed by atoms with Gasteiger partial charge in [0.05, 0.1) is 16.2 Å². The van der Waals surface area contributed by atoms with Crippen LogP contribution < -0.4 is 10.9 Å². The average Bonchev–Trinajstić information content (AvgIpc) is 3.34. The number of benzene rings is 2. The van der Waals surface area contributed by atoms with Crippen LogP contribution in [-0.4, -0.2) is 25.7 Å². The minimum absolute atomic E-state index is 0.133. The third-order valence-electron chi connectivity index (χ3n) is 5.09. The maximum absolute atomic E-state index is 13.4. The number of pyridine rings is 1. The monoisotopic (exact) mass is 569 g/mol. The molecule has 8 nitrogen and oxygen atoms in total. The summed E-state index contributed by atoms with van der Waals surface area (Å²) in [5, 5.41) is 8.10. The van der Waals surface area contributed by atoms with E-state index < -0.39 is 5.56 Å². The van der Waals surface area contributed by atoms with Gasteiger partial charge in [-0.05, 0) is 42.5 Å². The highest BCUT2D eigenvalue weighted by Crippen LogP contribution is 2.35. The summed E-state index contributed by atoms with van der Waals surface area (Å²) < 4.78 is 7.35. The highest BCUT2D eigenvalue weighted by atomic mass is 79.9. The fourth-order valence-corrected chi connectivity index (χ4v) is 4.84. The summed E-state index contributed by atoms with van der Waals surface area (Å²) in [4.78, 5) is 33.2. The minimum Gasteiger partial charge on any atom is -0.444 e. The quantitative estimate of drug-likeness (QED) is 0.279. The van der Waals surface area contributed by atoms with E-state index in [1.165, 1.54) is 31.6 Å². The Morgan fingerprint density at radius 2 is 1.86 bits per heavy atom. The second kappa shape index (κ2) is 9.26. The van der Waals surface area contributed by atoms with Crippen LogP contribution in [0.25, 0.3) is 39.2 Å². The first-order valence-corrected chi connectivity index (χ1v) is 11.7. The summed E-state index contributed by atoms with van der Waals surface area (Å²) in [6, 6.07) is 12.1. The zero-order chi connectivity index (χ0) is 24.7. The van der Waals surface area contributed by atoms with E-state index in [0.717, 1.165) is 14.7 Å². The molecule has 35 heavy (non-hydrogen) atoms. The van der Waals surface area contributed by atoms with Crippen molar-refractivity contribution in [3.05, 3.63) is 86.1 Å². The lowest BCUT2D eigenvalue weighted by molar-refractivity contribution is -0.114. The van der Waals surface area contributed by atoms with Crippen molar-refractivity contribution in [2.45, 2.75) is 6.92 Å². The first-order valence-electron chi connectivity index (χ1n) is 10.2. The molecule has 0 aliphatic heterocycles. The number of rotatable bonds is 4. The Kier molecular flexibility index (Phi) is 6.14. The summed E-state index contributed by atoms with van der Waals surface area (Å²) in [5.74, 6) is 0.289. The van der Waals surface area contributed by atoms with Crippen molar-refractivity contribution in [3.63, 3.8) is 0 Å². The van der Waals surface area contributed by atoms with E-state index in [9.17, 15) is 9.59 Å². The standard InChI is InChI=1S/C24H14BrCl2N5O3/c1-12(33)30-16-8-18(26)23(19(27)9-16)32-24(34)22-17(3-2-4-29-22)21(31-32)14-5-13(6-15(25)7-14)20-10-28-11-35-20/h2-11H,1H3,(H,30,33). The van der Waals surface area contributed by atoms with Gasteiger partial charge in [-0.3, -0.25) is 14.6 Å². The lowest BCUT2D eigenvalue weighted by Gasteiger charge is -2.15. The molecule has 1 N–H and O–H groups in total. The Labute approximate surface area is 216 Å². The molecule has 0 aliphatic carbocycles. The van der Waals surface area contributed by atoms with Gasteiger partial charge >= 0.3 is 0 Å². The smallest absolute Gasteiger partial charge is 0.298 e. The van der Waals surface area contributed by atoms with Gasteiger partial charge in [-0.25, -0.2) is 4.98 Å². The molecule has 2 aromatic carbocycles. The minimum atomic E-state index is -0.495. The van der Waals surface area contributed by atoms with Crippen LogP contribution in [0.3, 0.4) is 0 Å². The van der Waals surface area contributed by atoms with E-state index in [2.05, 4.69) is 36.3 Å². The van der Waals surface area contributed by atoms with Crippen molar-refractivity contribution < 1.29 is 9.21 Å². The predicted octanol–water partition coefficient (Wildman–Crippen LogP) is 6.13. The van der Waals surface area contributed by atoms with Gasteiger partial charge in [0, 0.05) is 39.8 Å². The first kappa shape index (κ1) is 23.2. The zero-order valence-electron chi connectivity index (χ0n) is 17.9. The van der Waals surface area contributed by atoms with Gasteiger partial charge < -0.3 is 9.73 Å².